The summed E-state index contributed by atoms with van der Waals surface area (Å²) in [7, 11) is 0. The second-order valence-electron chi connectivity index (χ2n) is 6.23. The van der Waals surface area contributed by atoms with Crippen molar-refractivity contribution < 1.29 is 9.59 Å². The molecule has 0 radical (unpaired) electrons. The SMILES string of the molecule is NC(=O)Nc1cccc(NC(=O)c2ccc3c(c2)Cc2ccccc2-3)c1. The number of carbonyl (C=O) groups excluding carboxylic acids is 2. The number of primary amides is 1. The second-order valence-corrected chi connectivity index (χ2v) is 6.23. The quantitative estimate of drug-likeness (QED) is 0.525. The Morgan fingerprint density at radius 3 is 2.31 bits per heavy atom. The molecule has 128 valence electrons. The first-order valence-corrected chi connectivity index (χ1v) is 8.29. The maximum absolute atomic E-state index is 12.6. The maximum Gasteiger partial charge on any atom is 0.316 e. The number of anilines is 2. The van der Waals surface area contributed by atoms with Crippen molar-refractivity contribution in [2.45, 2.75) is 6.42 Å². The standard InChI is InChI=1S/C21H17N3O2/c22-21(26)24-17-6-3-5-16(12-17)23-20(25)14-8-9-19-15(11-14)10-13-4-1-2-7-18(13)19/h1-9,11-12H,10H2,(H,23,25)(H3,22,24,26). The number of nitrogens with one attached hydrogen (secondary N) is 2. The first-order valence-electron chi connectivity index (χ1n) is 8.29. The largest absolute Gasteiger partial charge is 0.351 e. The lowest BCUT2D eigenvalue weighted by Crippen LogP contribution is -2.19. The lowest BCUT2D eigenvalue weighted by Gasteiger charge is -2.09. The molecule has 0 fully saturated rings. The average molecular weight is 343 g/mol. The van der Waals surface area contributed by atoms with Gasteiger partial charge in [-0.15, -0.1) is 0 Å². The van der Waals surface area contributed by atoms with Crippen molar-refractivity contribution in [1.29, 1.82) is 0 Å². The number of urea groups is 1. The highest BCUT2D eigenvalue weighted by atomic mass is 16.2. The molecule has 5 heteroatoms. The van der Waals surface area contributed by atoms with Crippen LogP contribution in [0.15, 0.2) is 66.7 Å². The average Bonchev–Trinajstić information content (AvgIpc) is 2.99. The van der Waals surface area contributed by atoms with Gasteiger partial charge < -0.3 is 16.4 Å². The zero-order valence-electron chi connectivity index (χ0n) is 14.0. The molecule has 26 heavy (non-hydrogen) atoms. The fourth-order valence-electron chi connectivity index (χ4n) is 3.31. The van der Waals surface area contributed by atoms with Gasteiger partial charge in [0, 0.05) is 16.9 Å². The molecule has 0 unspecified atom stereocenters. The minimum absolute atomic E-state index is 0.194. The monoisotopic (exact) mass is 343 g/mol. The third-order valence-electron chi connectivity index (χ3n) is 4.44. The van der Waals surface area contributed by atoms with Gasteiger partial charge in [-0.1, -0.05) is 36.4 Å². The van der Waals surface area contributed by atoms with Crippen LogP contribution in [0.5, 0.6) is 0 Å². The zero-order valence-corrected chi connectivity index (χ0v) is 14.0. The lowest BCUT2D eigenvalue weighted by molar-refractivity contribution is 0.102. The molecular weight excluding hydrogens is 326 g/mol. The van der Waals surface area contributed by atoms with E-state index in [4.69, 9.17) is 5.73 Å². The summed E-state index contributed by atoms with van der Waals surface area (Å²) in [6.45, 7) is 0. The van der Waals surface area contributed by atoms with E-state index >= 15 is 0 Å². The number of fused-ring (bicyclic) bond motifs is 3. The van der Waals surface area contributed by atoms with Crippen molar-refractivity contribution in [3.63, 3.8) is 0 Å². The van der Waals surface area contributed by atoms with E-state index in [1.165, 1.54) is 16.7 Å². The Morgan fingerprint density at radius 2 is 1.50 bits per heavy atom. The van der Waals surface area contributed by atoms with Gasteiger partial charge in [0.05, 0.1) is 0 Å². The summed E-state index contributed by atoms with van der Waals surface area (Å²) in [5.41, 5.74) is 11.7. The second kappa shape index (κ2) is 6.37. The van der Waals surface area contributed by atoms with Gasteiger partial charge in [0.1, 0.15) is 0 Å². The van der Waals surface area contributed by atoms with Crippen molar-refractivity contribution in [2.75, 3.05) is 10.6 Å². The number of carbonyl (C=O) groups is 2. The van der Waals surface area contributed by atoms with Gasteiger partial charge in [-0.25, -0.2) is 4.79 Å². The van der Waals surface area contributed by atoms with E-state index in [0.29, 0.717) is 16.9 Å². The van der Waals surface area contributed by atoms with Crippen LogP contribution in [0.3, 0.4) is 0 Å². The van der Waals surface area contributed by atoms with E-state index < -0.39 is 6.03 Å². The Bertz CT molecular complexity index is 1030. The predicted molar refractivity (Wildman–Crippen MR) is 102 cm³/mol. The molecule has 0 spiro atoms. The van der Waals surface area contributed by atoms with Gasteiger partial charge >= 0.3 is 6.03 Å². The number of benzene rings is 3. The van der Waals surface area contributed by atoms with Crippen molar-refractivity contribution in [2.24, 2.45) is 5.73 Å². The first kappa shape index (κ1) is 15.9. The van der Waals surface area contributed by atoms with Gasteiger partial charge in [0.2, 0.25) is 0 Å². The van der Waals surface area contributed by atoms with Crippen molar-refractivity contribution >= 4 is 23.3 Å². The zero-order chi connectivity index (χ0) is 18.1. The lowest BCUT2D eigenvalue weighted by atomic mass is 10.0. The molecule has 0 aliphatic heterocycles. The summed E-state index contributed by atoms with van der Waals surface area (Å²) in [5.74, 6) is -0.194. The molecule has 3 amide bonds. The number of hydrogen-bond acceptors (Lipinski definition) is 2. The highest BCUT2D eigenvalue weighted by Crippen LogP contribution is 2.36. The number of rotatable bonds is 3. The summed E-state index contributed by atoms with van der Waals surface area (Å²) in [6, 6.07) is 20.3. The molecule has 5 nitrogen and oxygen atoms in total. The Morgan fingerprint density at radius 1 is 0.769 bits per heavy atom. The fourth-order valence-corrected chi connectivity index (χ4v) is 3.31. The molecule has 0 bridgehead atoms. The van der Waals surface area contributed by atoms with E-state index in [9.17, 15) is 9.59 Å². The Labute approximate surface area is 150 Å². The van der Waals surface area contributed by atoms with Gasteiger partial charge in [0.25, 0.3) is 5.91 Å². The Kier molecular flexibility index (Phi) is 3.89. The molecule has 0 saturated carbocycles. The molecule has 3 aromatic carbocycles. The smallest absolute Gasteiger partial charge is 0.316 e. The molecule has 1 aliphatic rings. The summed E-state index contributed by atoms with van der Waals surface area (Å²) >= 11 is 0. The molecular formula is C21H17N3O2. The van der Waals surface area contributed by atoms with Crippen LogP contribution in [-0.4, -0.2) is 11.9 Å². The van der Waals surface area contributed by atoms with Crippen molar-refractivity contribution in [3.8, 4) is 11.1 Å². The highest BCUT2D eigenvalue weighted by Gasteiger charge is 2.19. The molecule has 0 atom stereocenters. The van der Waals surface area contributed by atoms with E-state index in [2.05, 4.69) is 22.8 Å². The van der Waals surface area contributed by atoms with Crippen LogP contribution in [0.25, 0.3) is 11.1 Å². The Balaban J connectivity index is 1.55. The van der Waals surface area contributed by atoms with E-state index in [1.807, 2.05) is 30.3 Å². The van der Waals surface area contributed by atoms with Crippen LogP contribution in [0.2, 0.25) is 0 Å². The van der Waals surface area contributed by atoms with Crippen LogP contribution >= 0.6 is 0 Å². The minimum Gasteiger partial charge on any atom is -0.351 e. The van der Waals surface area contributed by atoms with Gasteiger partial charge in [0.15, 0.2) is 0 Å². The molecule has 0 aromatic heterocycles. The third-order valence-corrected chi connectivity index (χ3v) is 4.44. The van der Waals surface area contributed by atoms with Crippen LogP contribution in [0, 0.1) is 0 Å². The van der Waals surface area contributed by atoms with Crippen LogP contribution in [0.4, 0.5) is 16.2 Å². The summed E-state index contributed by atoms with van der Waals surface area (Å²) in [6.07, 6.45) is 0.838. The summed E-state index contributed by atoms with van der Waals surface area (Å²) < 4.78 is 0. The number of hydrogen-bond donors (Lipinski definition) is 3. The normalized spacial score (nSPS) is 11.4. The third kappa shape index (κ3) is 3.02. The molecule has 0 saturated heterocycles. The van der Waals surface area contributed by atoms with E-state index in [1.54, 1.807) is 24.3 Å². The van der Waals surface area contributed by atoms with Gasteiger partial charge in [-0.05, 0) is 59.0 Å². The van der Waals surface area contributed by atoms with Gasteiger partial charge in [-0.2, -0.15) is 0 Å². The van der Waals surface area contributed by atoms with E-state index in [-0.39, 0.29) is 5.91 Å². The molecule has 4 N–H and O–H groups in total. The minimum atomic E-state index is -0.647. The van der Waals surface area contributed by atoms with Crippen molar-refractivity contribution in [3.05, 3.63) is 83.4 Å². The first-order chi connectivity index (χ1) is 12.6. The van der Waals surface area contributed by atoms with E-state index in [0.717, 1.165) is 12.0 Å². The number of nitrogens with two attached hydrogens (primary N) is 1. The summed E-state index contributed by atoms with van der Waals surface area (Å²) in [5, 5.41) is 5.34. The molecule has 3 aromatic rings. The molecule has 1 aliphatic carbocycles. The van der Waals surface area contributed by atoms with Crippen LogP contribution in [-0.2, 0) is 6.42 Å². The summed E-state index contributed by atoms with van der Waals surface area (Å²) in [4.78, 5) is 23.5. The van der Waals surface area contributed by atoms with Gasteiger partial charge in [-0.3, -0.25) is 4.79 Å². The Hall–Kier alpha value is -3.60. The molecule has 4 rings (SSSR count). The predicted octanol–water partition coefficient (Wildman–Crippen LogP) is 4.00. The number of amides is 3. The van der Waals surface area contributed by atoms with Crippen LogP contribution < -0.4 is 16.4 Å². The topological polar surface area (TPSA) is 84.2 Å². The van der Waals surface area contributed by atoms with Crippen molar-refractivity contribution in [1.82, 2.24) is 0 Å². The fraction of sp³-hybridized carbons (Fsp3) is 0.0476. The molecule has 0 heterocycles. The maximum atomic E-state index is 12.6. The van der Waals surface area contributed by atoms with Crippen LogP contribution in [0.1, 0.15) is 21.5 Å². The highest BCUT2D eigenvalue weighted by molar-refractivity contribution is 6.05.